The van der Waals surface area contributed by atoms with Crippen LogP contribution in [-0.4, -0.2) is 22.4 Å². The Morgan fingerprint density at radius 2 is 1.75 bits per heavy atom. The quantitative estimate of drug-likeness (QED) is 0.833. The minimum atomic E-state index is -5.07. The van der Waals surface area contributed by atoms with Gasteiger partial charge in [-0.1, -0.05) is 0 Å². The number of fused-ring (bicyclic) bond motifs is 1. The van der Waals surface area contributed by atoms with Gasteiger partial charge in [-0.25, -0.2) is 9.97 Å². The smallest absolute Gasteiger partial charge is 0.330 e. The lowest BCUT2D eigenvalue weighted by atomic mass is 10.1. The zero-order valence-electron chi connectivity index (χ0n) is 11.8. The highest BCUT2D eigenvalue weighted by Gasteiger charge is 2.39. The molecule has 0 aliphatic heterocycles. The number of anilines is 1. The third-order valence-electron chi connectivity index (χ3n) is 2.91. The first kappa shape index (κ1) is 17.9. The first-order valence-corrected chi connectivity index (χ1v) is 6.48. The van der Waals surface area contributed by atoms with Crippen LogP contribution in [0.3, 0.4) is 0 Å². The molecule has 0 spiro atoms. The summed E-state index contributed by atoms with van der Waals surface area (Å²) in [6.07, 6.45) is -10.2. The number of pyridine rings is 2. The highest BCUT2D eigenvalue weighted by molar-refractivity contribution is 5.91. The molecule has 1 amide bonds. The summed E-state index contributed by atoms with van der Waals surface area (Å²) >= 11 is 0. The zero-order valence-corrected chi connectivity index (χ0v) is 11.8. The number of carbonyl (C=O) groups excluding carboxylic acids is 1. The molecule has 3 N–H and O–H groups in total. The fraction of sp³-hybridized carbons (Fsp3) is 0.308. The van der Waals surface area contributed by atoms with Gasteiger partial charge in [0, 0.05) is 18.4 Å². The first-order valence-electron chi connectivity index (χ1n) is 6.48. The Hall–Kier alpha value is -2.43. The number of rotatable bonds is 3. The van der Waals surface area contributed by atoms with Gasteiger partial charge in [-0.15, -0.1) is 0 Å². The van der Waals surface area contributed by atoms with Crippen molar-refractivity contribution in [1.82, 2.24) is 9.97 Å². The monoisotopic (exact) mass is 352 g/mol. The maximum absolute atomic E-state index is 13.0. The summed E-state index contributed by atoms with van der Waals surface area (Å²) in [5, 5.41) is 1.61. The Balaban J connectivity index is 2.60. The lowest BCUT2D eigenvalue weighted by Gasteiger charge is -2.14. The number of nitrogens with one attached hydrogen (secondary N) is 1. The van der Waals surface area contributed by atoms with Crippen LogP contribution in [-0.2, 0) is 17.1 Å². The van der Waals surface area contributed by atoms with Crippen molar-refractivity contribution in [3.05, 3.63) is 29.5 Å². The van der Waals surface area contributed by atoms with Crippen LogP contribution in [0.5, 0.6) is 0 Å². The van der Waals surface area contributed by atoms with Crippen LogP contribution in [0.25, 0.3) is 11.0 Å². The molecule has 0 saturated carbocycles. The molecule has 2 heterocycles. The van der Waals surface area contributed by atoms with Crippen LogP contribution >= 0.6 is 0 Å². The Morgan fingerprint density at radius 3 is 2.29 bits per heavy atom. The second kappa shape index (κ2) is 6.23. The Labute approximate surface area is 130 Å². The molecule has 0 radical (unpaired) electrons. The van der Waals surface area contributed by atoms with Crippen LogP contribution in [0, 0.1) is 0 Å². The number of carbonyl (C=O) groups is 1. The van der Waals surface area contributed by atoms with E-state index in [1.165, 1.54) is 0 Å². The summed E-state index contributed by atoms with van der Waals surface area (Å²) in [4.78, 5) is 18.1. The predicted molar refractivity (Wildman–Crippen MR) is 71.8 cm³/mol. The van der Waals surface area contributed by atoms with E-state index in [2.05, 4.69) is 15.3 Å². The number of hydrogen-bond acceptors (Lipinski definition) is 4. The molecule has 5 nitrogen and oxygen atoms in total. The van der Waals surface area contributed by atoms with E-state index < -0.39 is 40.6 Å². The summed E-state index contributed by atoms with van der Waals surface area (Å²) in [7, 11) is 0. The SMILES string of the molecule is NCCC(=O)Nc1ccc2c(C(F)(F)F)cc(C(F)(F)F)nc2n1. The summed E-state index contributed by atoms with van der Waals surface area (Å²) in [5.41, 5.74) is 1.16. The lowest BCUT2D eigenvalue weighted by Crippen LogP contribution is -2.17. The van der Waals surface area contributed by atoms with Gasteiger partial charge in [0.05, 0.1) is 5.56 Å². The van der Waals surface area contributed by atoms with Crippen molar-refractivity contribution in [2.75, 3.05) is 11.9 Å². The van der Waals surface area contributed by atoms with Gasteiger partial charge in [-0.05, 0) is 18.2 Å². The van der Waals surface area contributed by atoms with Gasteiger partial charge in [0.15, 0.2) is 5.65 Å². The predicted octanol–water partition coefficient (Wildman–Crippen LogP) is 2.95. The summed E-state index contributed by atoms with van der Waals surface area (Å²) in [6, 6.07) is 1.87. The highest BCUT2D eigenvalue weighted by atomic mass is 19.4. The largest absolute Gasteiger partial charge is 0.433 e. The topological polar surface area (TPSA) is 80.9 Å². The molecule has 0 aliphatic rings. The van der Waals surface area contributed by atoms with Crippen molar-refractivity contribution >= 4 is 22.8 Å². The number of aromatic nitrogens is 2. The normalized spacial score (nSPS) is 12.5. The molecule has 0 bridgehead atoms. The first-order chi connectivity index (χ1) is 11.0. The Morgan fingerprint density at radius 1 is 1.08 bits per heavy atom. The van der Waals surface area contributed by atoms with Crippen molar-refractivity contribution in [3.8, 4) is 0 Å². The van der Waals surface area contributed by atoms with Gasteiger partial charge in [0.2, 0.25) is 5.91 Å². The molecule has 130 valence electrons. The molecule has 2 rings (SSSR count). The number of amides is 1. The number of nitrogens with zero attached hydrogens (tertiary/aromatic N) is 2. The van der Waals surface area contributed by atoms with Crippen LogP contribution in [0.4, 0.5) is 32.2 Å². The van der Waals surface area contributed by atoms with Crippen LogP contribution in [0.2, 0.25) is 0 Å². The van der Waals surface area contributed by atoms with Crippen molar-refractivity contribution in [2.24, 2.45) is 5.73 Å². The third kappa shape index (κ3) is 3.91. The van der Waals surface area contributed by atoms with E-state index in [1.54, 1.807) is 0 Å². The van der Waals surface area contributed by atoms with Crippen molar-refractivity contribution in [1.29, 1.82) is 0 Å². The minimum Gasteiger partial charge on any atom is -0.330 e. The summed E-state index contributed by atoms with van der Waals surface area (Å²) in [6.45, 7) is 0.0219. The summed E-state index contributed by atoms with van der Waals surface area (Å²) < 4.78 is 77.2. The molecule has 0 aromatic carbocycles. The van der Waals surface area contributed by atoms with E-state index in [9.17, 15) is 31.1 Å². The number of hydrogen-bond donors (Lipinski definition) is 2. The van der Waals surface area contributed by atoms with Crippen molar-refractivity contribution in [2.45, 2.75) is 18.8 Å². The van der Waals surface area contributed by atoms with E-state index in [-0.39, 0.29) is 24.8 Å². The Bertz CT molecular complexity index is 771. The van der Waals surface area contributed by atoms with E-state index in [0.29, 0.717) is 0 Å². The van der Waals surface area contributed by atoms with Crippen molar-refractivity contribution < 1.29 is 31.1 Å². The van der Waals surface area contributed by atoms with Gasteiger partial charge in [-0.2, -0.15) is 26.3 Å². The van der Waals surface area contributed by atoms with Crippen LogP contribution in [0.15, 0.2) is 18.2 Å². The van der Waals surface area contributed by atoms with Crippen LogP contribution in [0.1, 0.15) is 17.7 Å². The fourth-order valence-electron chi connectivity index (χ4n) is 1.89. The number of halogens is 6. The Kier molecular flexibility index (Phi) is 4.65. The average Bonchev–Trinajstić information content (AvgIpc) is 2.44. The second-order valence-electron chi connectivity index (χ2n) is 4.71. The molecule has 2 aromatic rings. The van der Waals surface area contributed by atoms with E-state index in [1.807, 2.05) is 0 Å². The lowest BCUT2D eigenvalue weighted by molar-refractivity contribution is -0.144. The zero-order chi connectivity index (χ0) is 18.1. The van der Waals surface area contributed by atoms with Gasteiger partial charge in [-0.3, -0.25) is 4.79 Å². The molecule has 0 atom stereocenters. The van der Waals surface area contributed by atoms with Crippen molar-refractivity contribution in [3.63, 3.8) is 0 Å². The van der Waals surface area contributed by atoms with Gasteiger partial charge < -0.3 is 11.1 Å². The molecule has 0 aliphatic carbocycles. The highest BCUT2D eigenvalue weighted by Crippen LogP contribution is 2.38. The molecular weight excluding hydrogens is 342 g/mol. The van der Waals surface area contributed by atoms with E-state index >= 15 is 0 Å². The molecule has 11 heteroatoms. The molecular formula is C13H10F6N4O. The molecule has 0 saturated heterocycles. The maximum atomic E-state index is 13.0. The van der Waals surface area contributed by atoms with Crippen LogP contribution < -0.4 is 11.1 Å². The van der Waals surface area contributed by atoms with Gasteiger partial charge in [0.1, 0.15) is 11.5 Å². The number of alkyl halides is 6. The standard InChI is InChI=1S/C13H10F6N4O/c14-12(15,16)7-5-8(13(17,18)19)21-11-6(7)1-2-9(23-11)22-10(24)3-4-20/h1-2,5H,3-4,20H2,(H,21,22,23,24). The van der Waals surface area contributed by atoms with Gasteiger partial charge in [0.25, 0.3) is 0 Å². The molecule has 2 aromatic heterocycles. The molecule has 24 heavy (non-hydrogen) atoms. The van der Waals surface area contributed by atoms with Gasteiger partial charge >= 0.3 is 12.4 Å². The molecule has 0 fully saturated rings. The maximum Gasteiger partial charge on any atom is 0.433 e. The number of nitrogens with two attached hydrogens (primary N) is 1. The van der Waals surface area contributed by atoms with E-state index in [4.69, 9.17) is 5.73 Å². The second-order valence-corrected chi connectivity index (χ2v) is 4.71. The summed E-state index contributed by atoms with van der Waals surface area (Å²) in [5.74, 6) is -0.798. The average molecular weight is 352 g/mol. The van der Waals surface area contributed by atoms with E-state index in [0.717, 1.165) is 12.1 Å². The minimum absolute atomic E-state index is 0.0219. The fourth-order valence-corrected chi connectivity index (χ4v) is 1.89. The third-order valence-corrected chi connectivity index (χ3v) is 2.91. The molecule has 0 unspecified atom stereocenters.